The maximum Gasteiger partial charge on any atom is 0.241 e. The van der Waals surface area contributed by atoms with Crippen LogP contribution in [0, 0.1) is 5.92 Å². The van der Waals surface area contributed by atoms with Crippen molar-refractivity contribution in [2.24, 2.45) is 11.7 Å². The lowest BCUT2D eigenvalue weighted by molar-refractivity contribution is -0.142. The molecular formula is C17H28ClN3O3. The number of hydrogen-bond donors (Lipinski definition) is 1. The predicted octanol–water partition coefficient (Wildman–Crippen LogP) is 1.31. The molecule has 0 aliphatic rings. The van der Waals surface area contributed by atoms with E-state index in [0.29, 0.717) is 13.2 Å². The topological polar surface area (TPSA) is 75.9 Å². The van der Waals surface area contributed by atoms with Crippen molar-refractivity contribution < 1.29 is 14.3 Å². The summed E-state index contributed by atoms with van der Waals surface area (Å²) in [5.41, 5.74) is 7.12. The van der Waals surface area contributed by atoms with Crippen LogP contribution in [0.5, 0.6) is 0 Å². The van der Waals surface area contributed by atoms with Crippen molar-refractivity contribution in [3.05, 3.63) is 35.9 Å². The summed E-state index contributed by atoms with van der Waals surface area (Å²) in [6, 6.07) is 9.08. The molecule has 0 aromatic heterocycles. The van der Waals surface area contributed by atoms with Crippen molar-refractivity contribution in [2.75, 3.05) is 40.9 Å². The highest BCUT2D eigenvalue weighted by atomic mass is 35.5. The number of carbonyl (C=O) groups is 2. The van der Waals surface area contributed by atoms with Crippen LogP contribution < -0.4 is 5.73 Å². The number of nitrogens with two attached hydrogens (primary N) is 1. The number of carbonyl (C=O) groups excluding carboxylic acids is 2. The fourth-order valence-electron chi connectivity index (χ4n) is 2.18. The van der Waals surface area contributed by atoms with E-state index in [-0.39, 0.29) is 30.8 Å². The van der Waals surface area contributed by atoms with E-state index in [2.05, 4.69) is 0 Å². The van der Waals surface area contributed by atoms with Gasteiger partial charge in [0.15, 0.2) is 0 Å². The zero-order valence-corrected chi connectivity index (χ0v) is 15.6. The maximum atomic E-state index is 12.7. The van der Waals surface area contributed by atoms with Gasteiger partial charge in [0.2, 0.25) is 11.8 Å². The second-order valence-electron chi connectivity index (χ2n) is 5.77. The number of likely N-dealkylation sites (N-methyl/N-ethyl adjacent to an activating group) is 1. The SMILES string of the molecule is COCCN(CC(=O)N(C)C)C(=O)C(C)C(N)c1ccccc1.Cl. The molecule has 0 saturated heterocycles. The quantitative estimate of drug-likeness (QED) is 0.761. The standard InChI is InChI=1S/C17H27N3O3.ClH/c1-13(16(18)14-8-6-5-7-9-14)17(22)20(10-11-23-4)12-15(21)19(2)3;/h5-9,13,16H,10-12,18H2,1-4H3;1H. The van der Waals surface area contributed by atoms with Crippen LogP contribution in [-0.2, 0) is 14.3 Å². The first-order valence-electron chi connectivity index (χ1n) is 7.66. The van der Waals surface area contributed by atoms with E-state index in [4.69, 9.17) is 10.5 Å². The van der Waals surface area contributed by atoms with Gasteiger partial charge in [0.1, 0.15) is 0 Å². The smallest absolute Gasteiger partial charge is 0.241 e. The Bertz CT molecular complexity index is 511. The first-order valence-corrected chi connectivity index (χ1v) is 7.66. The zero-order chi connectivity index (χ0) is 17.4. The summed E-state index contributed by atoms with van der Waals surface area (Å²) in [6.07, 6.45) is 0. The summed E-state index contributed by atoms with van der Waals surface area (Å²) in [7, 11) is 4.90. The normalized spacial score (nSPS) is 12.7. The Morgan fingerprint density at radius 3 is 2.29 bits per heavy atom. The third-order valence-corrected chi connectivity index (χ3v) is 3.81. The van der Waals surface area contributed by atoms with E-state index >= 15 is 0 Å². The molecule has 0 radical (unpaired) electrons. The van der Waals surface area contributed by atoms with Crippen LogP contribution in [0.4, 0.5) is 0 Å². The van der Waals surface area contributed by atoms with Gasteiger partial charge in [-0.15, -0.1) is 12.4 Å². The first kappa shape index (κ1) is 22.4. The van der Waals surface area contributed by atoms with E-state index in [0.717, 1.165) is 5.56 Å². The number of rotatable bonds is 8. The number of benzene rings is 1. The molecule has 0 aliphatic carbocycles. The van der Waals surface area contributed by atoms with Crippen LogP contribution in [0.3, 0.4) is 0 Å². The summed E-state index contributed by atoms with van der Waals surface area (Å²) in [6.45, 7) is 2.56. The molecule has 1 aromatic rings. The fourth-order valence-corrected chi connectivity index (χ4v) is 2.18. The lowest BCUT2D eigenvalue weighted by atomic mass is 9.94. The molecule has 6 nitrogen and oxygen atoms in total. The molecule has 0 fully saturated rings. The van der Waals surface area contributed by atoms with Gasteiger partial charge in [-0.3, -0.25) is 9.59 Å². The minimum absolute atomic E-state index is 0. The fraction of sp³-hybridized carbons (Fsp3) is 0.529. The third-order valence-electron chi connectivity index (χ3n) is 3.81. The molecule has 0 bridgehead atoms. The van der Waals surface area contributed by atoms with Crippen LogP contribution in [0.25, 0.3) is 0 Å². The van der Waals surface area contributed by atoms with Gasteiger partial charge >= 0.3 is 0 Å². The Kier molecular flexibility index (Phi) is 10.3. The van der Waals surface area contributed by atoms with Gasteiger partial charge < -0.3 is 20.3 Å². The van der Waals surface area contributed by atoms with Crippen molar-refractivity contribution in [2.45, 2.75) is 13.0 Å². The van der Waals surface area contributed by atoms with Crippen molar-refractivity contribution in [3.63, 3.8) is 0 Å². The van der Waals surface area contributed by atoms with E-state index in [1.807, 2.05) is 30.3 Å². The Labute approximate surface area is 150 Å². The zero-order valence-electron chi connectivity index (χ0n) is 14.8. The van der Waals surface area contributed by atoms with Crippen LogP contribution >= 0.6 is 12.4 Å². The summed E-state index contributed by atoms with van der Waals surface area (Å²) in [4.78, 5) is 27.7. The first-order chi connectivity index (χ1) is 10.9. The van der Waals surface area contributed by atoms with Gasteiger partial charge in [-0.2, -0.15) is 0 Å². The number of ether oxygens (including phenoxy) is 1. The Hall–Kier alpha value is -1.63. The van der Waals surface area contributed by atoms with Crippen molar-refractivity contribution >= 4 is 24.2 Å². The van der Waals surface area contributed by atoms with Gasteiger partial charge in [0, 0.05) is 33.8 Å². The van der Waals surface area contributed by atoms with Gasteiger partial charge in [0.05, 0.1) is 19.1 Å². The number of hydrogen-bond acceptors (Lipinski definition) is 4. The highest BCUT2D eigenvalue weighted by Crippen LogP contribution is 2.21. The molecule has 2 atom stereocenters. The molecule has 2 unspecified atom stereocenters. The van der Waals surface area contributed by atoms with Gasteiger partial charge in [-0.05, 0) is 5.56 Å². The summed E-state index contributed by atoms with van der Waals surface area (Å²) < 4.78 is 5.04. The largest absolute Gasteiger partial charge is 0.383 e. The van der Waals surface area contributed by atoms with Crippen LogP contribution in [0.2, 0.25) is 0 Å². The van der Waals surface area contributed by atoms with E-state index in [1.54, 1.807) is 28.1 Å². The molecule has 0 aliphatic heterocycles. The molecule has 0 spiro atoms. The number of nitrogens with zero attached hydrogens (tertiary/aromatic N) is 2. The molecule has 1 rings (SSSR count). The lowest BCUT2D eigenvalue weighted by Crippen LogP contribution is -2.45. The third kappa shape index (κ3) is 6.47. The molecule has 0 saturated carbocycles. The maximum absolute atomic E-state index is 12.7. The van der Waals surface area contributed by atoms with Gasteiger partial charge in [-0.25, -0.2) is 0 Å². The average Bonchev–Trinajstić information content (AvgIpc) is 2.57. The van der Waals surface area contributed by atoms with Crippen molar-refractivity contribution in [1.29, 1.82) is 0 Å². The van der Waals surface area contributed by atoms with Gasteiger partial charge in [0.25, 0.3) is 0 Å². The Morgan fingerprint density at radius 1 is 1.21 bits per heavy atom. The lowest BCUT2D eigenvalue weighted by Gasteiger charge is -2.29. The molecule has 2 amide bonds. The molecular weight excluding hydrogens is 330 g/mol. The molecule has 24 heavy (non-hydrogen) atoms. The molecule has 7 heteroatoms. The van der Waals surface area contributed by atoms with Gasteiger partial charge in [-0.1, -0.05) is 37.3 Å². The van der Waals surface area contributed by atoms with Crippen molar-refractivity contribution in [1.82, 2.24) is 9.80 Å². The second kappa shape index (κ2) is 11.0. The minimum atomic E-state index is -0.427. The summed E-state index contributed by atoms with van der Waals surface area (Å²) in [5, 5.41) is 0. The van der Waals surface area contributed by atoms with E-state index in [9.17, 15) is 9.59 Å². The van der Waals surface area contributed by atoms with E-state index < -0.39 is 12.0 Å². The molecule has 0 heterocycles. The monoisotopic (exact) mass is 357 g/mol. The highest BCUT2D eigenvalue weighted by molar-refractivity contribution is 5.86. The highest BCUT2D eigenvalue weighted by Gasteiger charge is 2.28. The minimum Gasteiger partial charge on any atom is -0.383 e. The summed E-state index contributed by atoms with van der Waals surface area (Å²) in [5.74, 6) is -0.701. The number of halogens is 1. The summed E-state index contributed by atoms with van der Waals surface area (Å²) >= 11 is 0. The van der Waals surface area contributed by atoms with Crippen LogP contribution in [0.15, 0.2) is 30.3 Å². The second-order valence-corrected chi connectivity index (χ2v) is 5.77. The van der Waals surface area contributed by atoms with E-state index in [1.165, 1.54) is 9.80 Å². The van der Waals surface area contributed by atoms with Crippen molar-refractivity contribution in [3.8, 4) is 0 Å². The average molecular weight is 358 g/mol. The van der Waals surface area contributed by atoms with Crippen LogP contribution in [-0.4, -0.2) is 62.5 Å². The number of methoxy groups -OCH3 is 1. The molecule has 1 aromatic carbocycles. The molecule has 2 N–H and O–H groups in total. The molecule has 136 valence electrons. The Morgan fingerprint density at radius 2 is 1.79 bits per heavy atom. The predicted molar refractivity (Wildman–Crippen MR) is 96.9 cm³/mol. The Balaban J connectivity index is 0.00000529. The van der Waals surface area contributed by atoms with Crippen LogP contribution in [0.1, 0.15) is 18.5 Å². The number of amides is 2.